The Hall–Kier alpha value is -0.200. The summed E-state index contributed by atoms with van der Waals surface area (Å²) >= 11 is 0. The first-order chi connectivity index (χ1) is 5.91. The summed E-state index contributed by atoms with van der Waals surface area (Å²) in [6.07, 6.45) is -4.00. The molecule has 5 nitrogen and oxygen atoms in total. The van der Waals surface area contributed by atoms with Crippen LogP contribution in [0.2, 0.25) is 0 Å². The molecule has 1 fully saturated rings. The van der Waals surface area contributed by atoms with Gasteiger partial charge in [-0.3, -0.25) is 0 Å². The zero-order valence-corrected chi connectivity index (χ0v) is 7.71. The summed E-state index contributed by atoms with van der Waals surface area (Å²) in [5.41, 5.74) is -1.48. The van der Waals surface area contributed by atoms with Crippen LogP contribution in [0.25, 0.3) is 0 Å². The van der Waals surface area contributed by atoms with Gasteiger partial charge < -0.3 is 25.2 Å². The van der Waals surface area contributed by atoms with E-state index in [9.17, 15) is 15.3 Å². The highest BCUT2D eigenvalue weighted by Crippen LogP contribution is 2.29. The van der Waals surface area contributed by atoms with Crippen molar-refractivity contribution in [1.29, 1.82) is 0 Å². The Balaban J connectivity index is 2.79. The molecule has 1 heterocycles. The van der Waals surface area contributed by atoms with Crippen LogP contribution in [0.3, 0.4) is 0 Å². The van der Waals surface area contributed by atoms with Crippen LogP contribution >= 0.6 is 0 Å². The summed E-state index contributed by atoms with van der Waals surface area (Å²) in [4.78, 5) is 0. The standard InChI is InChI=1S/C8H16O5/c1-4-8(2,12)7(11)6(10)5(3-9)13-4/h4-7,9-12H,3H2,1-2H3/t4?,5-,6-,7+,8+/m1/s1. The minimum Gasteiger partial charge on any atom is -0.394 e. The van der Waals surface area contributed by atoms with Crippen molar-refractivity contribution in [3.05, 3.63) is 0 Å². The molecule has 0 radical (unpaired) electrons. The average molecular weight is 192 g/mol. The number of rotatable bonds is 1. The third kappa shape index (κ3) is 1.70. The second-order valence-electron chi connectivity index (χ2n) is 3.66. The van der Waals surface area contributed by atoms with Gasteiger partial charge >= 0.3 is 0 Å². The summed E-state index contributed by atoms with van der Waals surface area (Å²) in [6.45, 7) is 2.59. The number of ether oxygens (including phenoxy) is 1. The van der Waals surface area contributed by atoms with Crippen LogP contribution in [0.15, 0.2) is 0 Å². The van der Waals surface area contributed by atoms with Crippen LogP contribution in [0.5, 0.6) is 0 Å². The number of aliphatic hydroxyl groups is 4. The molecular formula is C8H16O5. The zero-order valence-electron chi connectivity index (χ0n) is 7.71. The van der Waals surface area contributed by atoms with Crippen molar-refractivity contribution in [1.82, 2.24) is 0 Å². The minimum absolute atomic E-state index is 0.376. The van der Waals surface area contributed by atoms with Crippen LogP contribution in [0.4, 0.5) is 0 Å². The molecule has 78 valence electrons. The molecule has 13 heavy (non-hydrogen) atoms. The lowest BCUT2D eigenvalue weighted by Crippen LogP contribution is -2.64. The van der Waals surface area contributed by atoms with E-state index in [1.807, 2.05) is 0 Å². The molecule has 1 rings (SSSR count). The molecule has 0 aromatic carbocycles. The fourth-order valence-corrected chi connectivity index (χ4v) is 1.42. The molecule has 4 N–H and O–H groups in total. The Morgan fingerprint density at radius 3 is 2.38 bits per heavy atom. The van der Waals surface area contributed by atoms with Gasteiger partial charge in [0.1, 0.15) is 23.9 Å². The molecule has 0 aromatic heterocycles. The largest absolute Gasteiger partial charge is 0.394 e. The van der Waals surface area contributed by atoms with Gasteiger partial charge in [-0.25, -0.2) is 0 Å². The third-order valence-corrected chi connectivity index (χ3v) is 2.69. The highest BCUT2D eigenvalue weighted by atomic mass is 16.5. The highest BCUT2D eigenvalue weighted by molar-refractivity contribution is 4.98. The predicted molar refractivity (Wildman–Crippen MR) is 44.1 cm³/mol. The Bertz CT molecular complexity index is 181. The van der Waals surface area contributed by atoms with E-state index in [1.165, 1.54) is 6.92 Å². The first-order valence-corrected chi connectivity index (χ1v) is 4.26. The molecule has 0 aromatic rings. The van der Waals surface area contributed by atoms with Crippen molar-refractivity contribution < 1.29 is 25.2 Å². The van der Waals surface area contributed by atoms with Crippen LogP contribution in [-0.2, 0) is 4.74 Å². The Morgan fingerprint density at radius 2 is 1.92 bits per heavy atom. The van der Waals surface area contributed by atoms with Gasteiger partial charge in [-0.2, -0.15) is 0 Å². The van der Waals surface area contributed by atoms with Gasteiger partial charge in [0.2, 0.25) is 0 Å². The van der Waals surface area contributed by atoms with E-state index in [0.717, 1.165) is 0 Å². The van der Waals surface area contributed by atoms with E-state index in [4.69, 9.17) is 9.84 Å². The molecule has 0 spiro atoms. The van der Waals surface area contributed by atoms with Crippen molar-refractivity contribution in [3.8, 4) is 0 Å². The Morgan fingerprint density at radius 1 is 1.38 bits per heavy atom. The van der Waals surface area contributed by atoms with E-state index < -0.39 is 30.0 Å². The molecule has 0 aliphatic carbocycles. The summed E-state index contributed by atoms with van der Waals surface area (Å²) in [5, 5.41) is 37.4. The van der Waals surface area contributed by atoms with Crippen LogP contribution in [0.1, 0.15) is 13.8 Å². The van der Waals surface area contributed by atoms with E-state index in [0.29, 0.717) is 0 Å². The predicted octanol–water partition coefficient (Wildman–Crippen LogP) is -1.76. The molecular weight excluding hydrogens is 176 g/mol. The third-order valence-electron chi connectivity index (χ3n) is 2.69. The molecule has 1 unspecified atom stereocenters. The van der Waals surface area contributed by atoms with Crippen LogP contribution in [-0.4, -0.2) is 57.0 Å². The maximum absolute atomic E-state index is 9.68. The Kier molecular flexibility index (Phi) is 2.94. The van der Waals surface area contributed by atoms with E-state index in [-0.39, 0.29) is 6.61 Å². The molecule has 5 atom stereocenters. The molecule has 0 bridgehead atoms. The monoisotopic (exact) mass is 192 g/mol. The van der Waals surface area contributed by atoms with E-state index in [1.54, 1.807) is 6.92 Å². The first-order valence-electron chi connectivity index (χ1n) is 4.26. The van der Waals surface area contributed by atoms with Crippen molar-refractivity contribution >= 4 is 0 Å². The SMILES string of the molecule is CC1O[C@H](CO)[C@@H](O)[C@H](O)[C@@]1(C)O. The molecule has 0 amide bonds. The number of aliphatic hydroxyl groups excluding tert-OH is 3. The maximum Gasteiger partial charge on any atom is 0.116 e. The maximum atomic E-state index is 9.68. The lowest BCUT2D eigenvalue weighted by atomic mass is 9.85. The van der Waals surface area contributed by atoms with Gasteiger partial charge in [0.05, 0.1) is 12.7 Å². The van der Waals surface area contributed by atoms with E-state index in [2.05, 4.69) is 0 Å². The molecule has 1 saturated heterocycles. The van der Waals surface area contributed by atoms with Gasteiger partial charge in [0.15, 0.2) is 0 Å². The highest BCUT2D eigenvalue weighted by Gasteiger charge is 2.49. The summed E-state index contributed by atoms with van der Waals surface area (Å²) in [7, 11) is 0. The van der Waals surface area contributed by atoms with Crippen molar-refractivity contribution in [3.63, 3.8) is 0 Å². The lowest BCUT2D eigenvalue weighted by Gasteiger charge is -2.45. The zero-order chi connectivity index (χ0) is 10.2. The van der Waals surface area contributed by atoms with Gasteiger partial charge in [-0.1, -0.05) is 0 Å². The average Bonchev–Trinajstić information content (AvgIpc) is 2.09. The molecule has 1 aliphatic heterocycles. The minimum atomic E-state index is -1.48. The lowest BCUT2D eigenvalue weighted by molar-refractivity contribution is -0.263. The van der Waals surface area contributed by atoms with Gasteiger partial charge in [0.25, 0.3) is 0 Å². The summed E-state index contributed by atoms with van der Waals surface area (Å²) in [6, 6.07) is 0. The van der Waals surface area contributed by atoms with Crippen molar-refractivity contribution in [2.24, 2.45) is 0 Å². The molecule has 5 heteroatoms. The fourth-order valence-electron chi connectivity index (χ4n) is 1.42. The van der Waals surface area contributed by atoms with Crippen molar-refractivity contribution in [2.75, 3.05) is 6.61 Å². The van der Waals surface area contributed by atoms with E-state index >= 15 is 0 Å². The fraction of sp³-hybridized carbons (Fsp3) is 1.00. The quantitative estimate of drug-likeness (QED) is 0.395. The second kappa shape index (κ2) is 3.51. The molecule has 1 aliphatic rings. The number of hydrogen-bond donors (Lipinski definition) is 4. The van der Waals surface area contributed by atoms with Gasteiger partial charge in [-0.15, -0.1) is 0 Å². The van der Waals surface area contributed by atoms with Gasteiger partial charge in [0, 0.05) is 0 Å². The van der Waals surface area contributed by atoms with Crippen LogP contribution in [0, 0.1) is 0 Å². The topological polar surface area (TPSA) is 90.2 Å². The van der Waals surface area contributed by atoms with Gasteiger partial charge in [-0.05, 0) is 13.8 Å². The smallest absolute Gasteiger partial charge is 0.116 e. The summed E-state index contributed by atoms with van der Waals surface area (Å²) < 4.78 is 5.12. The summed E-state index contributed by atoms with van der Waals surface area (Å²) in [5.74, 6) is 0. The first kappa shape index (κ1) is 10.9. The Labute approximate surface area is 76.6 Å². The van der Waals surface area contributed by atoms with Crippen molar-refractivity contribution in [2.45, 2.75) is 43.9 Å². The number of hydrogen-bond acceptors (Lipinski definition) is 5. The molecule has 0 saturated carbocycles. The normalized spacial score (nSPS) is 52.2. The second-order valence-corrected chi connectivity index (χ2v) is 3.66. The van der Waals surface area contributed by atoms with Crippen LogP contribution < -0.4 is 0 Å².